The summed E-state index contributed by atoms with van der Waals surface area (Å²) in [7, 11) is 0. The quantitative estimate of drug-likeness (QED) is 0.592. The van der Waals surface area contributed by atoms with Crippen molar-refractivity contribution in [1.82, 2.24) is 5.32 Å². The Morgan fingerprint density at radius 2 is 2.13 bits per heavy atom. The molecular weight excluding hydrogens is 193 g/mol. The van der Waals surface area contributed by atoms with Gasteiger partial charge in [-0.3, -0.25) is 4.79 Å². The Balaban J connectivity index is 2.67. The van der Waals surface area contributed by atoms with Crippen LogP contribution < -0.4 is 5.32 Å². The minimum Gasteiger partial charge on any atom is -0.304 e. The summed E-state index contributed by atoms with van der Waals surface area (Å²) in [6.07, 6.45) is 1.69. The molecule has 0 aliphatic carbocycles. The molecule has 1 aromatic rings. The van der Waals surface area contributed by atoms with Gasteiger partial charge in [0.2, 0.25) is 0 Å². The van der Waals surface area contributed by atoms with Gasteiger partial charge in [0.25, 0.3) is 0 Å². The standard InChI is InChI=1S/C12H14FNO/c1-3-8-14-9(2)12(15)10-4-6-11(13)7-5-10/h3-7,9,14H,1,8H2,2H3. The Labute approximate surface area is 88.8 Å². The first-order valence-electron chi connectivity index (χ1n) is 4.79. The van der Waals surface area contributed by atoms with E-state index in [0.29, 0.717) is 12.1 Å². The van der Waals surface area contributed by atoms with E-state index >= 15 is 0 Å². The van der Waals surface area contributed by atoms with Crippen LogP contribution >= 0.6 is 0 Å². The topological polar surface area (TPSA) is 29.1 Å². The average molecular weight is 207 g/mol. The van der Waals surface area contributed by atoms with E-state index in [1.807, 2.05) is 0 Å². The fourth-order valence-electron chi connectivity index (χ4n) is 1.22. The summed E-state index contributed by atoms with van der Waals surface area (Å²) in [6.45, 7) is 5.90. The van der Waals surface area contributed by atoms with Crippen LogP contribution in [0.5, 0.6) is 0 Å². The highest BCUT2D eigenvalue weighted by Gasteiger charge is 2.13. The van der Waals surface area contributed by atoms with Crippen LogP contribution in [0.2, 0.25) is 0 Å². The summed E-state index contributed by atoms with van der Waals surface area (Å²) in [5.41, 5.74) is 0.514. The zero-order valence-electron chi connectivity index (χ0n) is 8.66. The number of hydrogen-bond acceptors (Lipinski definition) is 2. The molecule has 0 aromatic heterocycles. The van der Waals surface area contributed by atoms with Crippen LogP contribution in [0.4, 0.5) is 4.39 Å². The number of halogens is 1. The van der Waals surface area contributed by atoms with Gasteiger partial charge in [-0.25, -0.2) is 4.39 Å². The first-order valence-corrected chi connectivity index (χ1v) is 4.79. The van der Waals surface area contributed by atoms with Gasteiger partial charge in [0.05, 0.1) is 6.04 Å². The smallest absolute Gasteiger partial charge is 0.179 e. The lowest BCUT2D eigenvalue weighted by molar-refractivity contribution is 0.0953. The molecule has 0 fully saturated rings. The molecule has 3 heteroatoms. The van der Waals surface area contributed by atoms with Crippen LogP contribution in [0.15, 0.2) is 36.9 Å². The third kappa shape index (κ3) is 3.29. The molecule has 0 saturated heterocycles. The third-order valence-electron chi connectivity index (χ3n) is 2.09. The molecule has 0 spiro atoms. The summed E-state index contributed by atoms with van der Waals surface area (Å²) in [5, 5.41) is 2.98. The highest BCUT2D eigenvalue weighted by Crippen LogP contribution is 2.05. The van der Waals surface area contributed by atoms with Gasteiger partial charge in [-0.2, -0.15) is 0 Å². The van der Waals surface area contributed by atoms with E-state index in [2.05, 4.69) is 11.9 Å². The maximum Gasteiger partial charge on any atom is 0.179 e. The number of ketones is 1. The minimum absolute atomic E-state index is 0.0446. The monoisotopic (exact) mass is 207 g/mol. The number of hydrogen-bond donors (Lipinski definition) is 1. The Kier molecular flexibility index (Phi) is 4.18. The normalized spacial score (nSPS) is 12.1. The van der Waals surface area contributed by atoms with Crippen molar-refractivity contribution in [2.24, 2.45) is 0 Å². The van der Waals surface area contributed by atoms with Crippen LogP contribution in [-0.2, 0) is 0 Å². The molecule has 0 heterocycles. The molecular formula is C12H14FNO. The predicted octanol–water partition coefficient (Wildman–Crippen LogP) is 2.17. The van der Waals surface area contributed by atoms with Gasteiger partial charge in [0.15, 0.2) is 5.78 Å². The van der Waals surface area contributed by atoms with E-state index in [1.54, 1.807) is 13.0 Å². The van der Waals surface area contributed by atoms with Gasteiger partial charge in [0.1, 0.15) is 5.82 Å². The molecule has 80 valence electrons. The molecule has 0 bridgehead atoms. The second-order valence-corrected chi connectivity index (χ2v) is 3.29. The van der Waals surface area contributed by atoms with E-state index in [0.717, 1.165) is 0 Å². The highest BCUT2D eigenvalue weighted by molar-refractivity contribution is 5.99. The lowest BCUT2D eigenvalue weighted by Gasteiger charge is -2.10. The molecule has 1 atom stereocenters. The molecule has 0 aliphatic rings. The molecule has 1 unspecified atom stereocenters. The van der Waals surface area contributed by atoms with Crippen molar-refractivity contribution >= 4 is 5.78 Å². The molecule has 15 heavy (non-hydrogen) atoms. The van der Waals surface area contributed by atoms with E-state index in [-0.39, 0.29) is 17.6 Å². The van der Waals surface area contributed by atoms with E-state index < -0.39 is 0 Å². The SMILES string of the molecule is C=CCNC(C)C(=O)c1ccc(F)cc1. The molecule has 0 aliphatic heterocycles. The number of nitrogens with one attached hydrogen (secondary N) is 1. The van der Waals surface area contributed by atoms with Crippen LogP contribution in [0.3, 0.4) is 0 Å². The Bertz CT molecular complexity index is 345. The van der Waals surface area contributed by atoms with Gasteiger partial charge < -0.3 is 5.32 Å². The Morgan fingerprint density at radius 3 is 2.67 bits per heavy atom. The first-order chi connectivity index (χ1) is 7.15. The fourth-order valence-corrected chi connectivity index (χ4v) is 1.22. The minimum atomic E-state index is -0.335. The molecule has 1 rings (SSSR count). The number of benzene rings is 1. The molecule has 0 radical (unpaired) electrons. The summed E-state index contributed by atoms with van der Waals surface area (Å²) < 4.78 is 12.6. The third-order valence-corrected chi connectivity index (χ3v) is 2.09. The van der Waals surface area contributed by atoms with E-state index in [9.17, 15) is 9.18 Å². The van der Waals surface area contributed by atoms with Crippen LogP contribution in [-0.4, -0.2) is 18.4 Å². The lowest BCUT2D eigenvalue weighted by Crippen LogP contribution is -2.33. The molecule has 1 N–H and O–H groups in total. The summed E-state index contributed by atoms with van der Waals surface area (Å²) in [4.78, 5) is 11.7. The molecule has 1 aromatic carbocycles. The van der Waals surface area contributed by atoms with Gasteiger partial charge in [-0.15, -0.1) is 6.58 Å². The Hall–Kier alpha value is -1.48. The molecule has 0 amide bonds. The van der Waals surface area contributed by atoms with Crippen LogP contribution in [0.25, 0.3) is 0 Å². The second-order valence-electron chi connectivity index (χ2n) is 3.29. The average Bonchev–Trinajstić information content (AvgIpc) is 2.26. The number of carbonyl (C=O) groups excluding carboxylic acids is 1. The zero-order chi connectivity index (χ0) is 11.3. The van der Waals surface area contributed by atoms with Crippen molar-refractivity contribution < 1.29 is 9.18 Å². The highest BCUT2D eigenvalue weighted by atomic mass is 19.1. The van der Waals surface area contributed by atoms with Crippen molar-refractivity contribution in [3.05, 3.63) is 48.3 Å². The van der Waals surface area contributed by atoms with Gasteiger partial charge in [0, 0.05) is 12.1 Å². The second kappa shape index (κ2) is 5.41. The predicted molar refractivity (Wildman–Crippen MR) is 58.4 cm³/mol. The van der Waals surface area contributed by atoms with Crippen molar-refractivity contribution in [3.8, 4) is 0 Å². The molecule has 2 nitrogen and oxygen atoms in total. The molecule has 0 saturated carbocycles. The summed E-state index contributed by atoms with van der Waals surface area (Å²) in [5.74, 6) is -0.380. The first kappa shape index (κ1) is 11.6. The lowest BCUT2D eigenvalue weighted by atomic mass is 10.1. The number of carbonyl (C=O) groups is 1. The number of Topliss-reactive ketones (excluding diaryl/α,β-unsaturated/α-hetero) is 1. The van der Waals surface area contributed by atoms with E-state index in [1.165, 1.54) is 24.3 Å². The maximum atomic E-state index is 12.6. The van der Waals surface area contributed by atoms with Crippen molar-refractivity contribution in [2.75, 3.05) is 6.54 Å². The van der Waals surface area contributed by atoms with E-state index in [4.69, 9.17) is 0 Å². The summed E-state index contributed by atoms with van der Waals surface area (Å²) in [6, 6.07) is 5.27. The van der Waals surface area contributed by atoms with Crippen molar-refractivity contribution in [2.45, 2.75) is 13.0 Å². The van der Waals surface area contributed by atoms with Crippen molar-refractivity contribution in [3.63, 3.8) is 0 Å². The zero-order valence-corrected chi connectivity index (χ0v) is 8.66. The fraction of sp³-hybridized carbons (Fsp3) is 0.250. The van der Waals surface area contributed by atoms with Gasteiger partial charge in [-0.1, -0.05) is 6.08 Å². The summed E-state index contributed by atoms with van der Waals surface area (Å²) >= 11 is 0. The van der Waals surface area contributed by atoms with Gasteiger partial charge >= 0.3 is 0 Å². The number of rotatable bonds is 5. The van der Waals surface area contributed by atoms with Crippen LogP contribution in [0, 0.1) is 5.82 Å². The maximum absolute atomic E-state index is 12.6. The largest absolute Gasteiger partial charge is 0.304 e. The van der Waals surface area contributed by atoms with Crippen molar-refractivity contribution in [1.29, 1.82) is 0 Å². The van der Waals surface area contributed by atoms with Crippen LogP contribution in [0.1, 0.15) is 17.3 Å². The van der Waals surface area contributed by atoms with Gasteiger partial charge in [-0.05, 0) is 31.2 Å². The Morgan fingerprint density at radius 1 is 1.53 bits per heavy atom.